The molecule has 0 fully saturated rings. The fraction of sp³-hybridized carbons (Fsp3) is 0.0909. The number of nitrogens with two attached hydrogens (primary N) is 1. The molecule has 0 spiro atoms. The van der Waals surface area contributed by atoms with Crippen LogP contribution in [0.4, 0.5) is 5.82 Å². The smallest absolute Gasteiger partial charge is 0.254 e. The van der Waals surface area contributed by atoms with Gasteiger partial charge in [0, 0.05) is 6.08 Å². The van der Waals surface area contributed by atoms with Crippen molar-refractivity contribution in [3.63, 3.8) is 0 Å². The van der Waals surface area contributed by atoms with E-state index in [0.29, 0.717) is 5.69 Å². The number of nitrogens with zero attached hydrogens (tertiary/aromatic N) is 2. The van der Waals surface area contributed by atoms with Crippen LogP contribution >= 0.6 is 12.2 Å². The third kappa shape index (κ3) is 5.55. The Balaban J connectivity index is 1.73. The van der Waals surface area contributed by atoms with E-state index in [-0.39, 0.29) is 16.5 Å². The summed E-state index contributed by atoms with van der Waals surface area (Å²) in [6, 6.07) is 14.7. The molecule has 2 amide bonds. The molecule has 3 aromatic rings. The second kappa shape index (κ2) is 9.68. The van der Waals surface area contributed by atoms with E-state index in [0.717, 1.165) is 16.9 Å². The van der Waals surface area contributed by atoms with Gasteiger partial charge in [-0.25, -0.2) is 4.68 Å². The highest BCUT2D eigenvalue weighted by atomic mass is 32.1. The molecule has 0 unspecified atom stereocenters. The van der Waals surface area contributed by atoms with Gasteiger partial charge in [-0.2, -0.15) is 5.10 Å². The molecule has 0 bridgehead atoms. The van der Waals surface area contributed by atoms with Crippen molar-refractivity contribution in [2.75, 3.05) is 12.4 Å². The number of carbonyl (C=O) groups excluding carboxylic acids is 2. The second-order valence-electron chi connectivity index (χ2n) is 6.57. The van der Waals surface area contributed by atoms with Gasteiger partial charge in [-0.1, -0.05) is 24.3 Å². The first-order valence-corrected chi connectivity index (χ1v) is 9.67. The maximum Gasteiger partial charge on any atom is 0.254 e. The number of aryl methyl sites for hydroxylation is 1. The van der Waals surface area contributed by atoms with Crippen molar-refractivity contribution in [1.29, 1.82) is 0 Å². The molecule has 2 aromatic carbocycles. The zero-order chi connectivity index (χ0) is 22.4. The van der Waals surface area contributed by atoms with E-state index < -0.39 is 11.8 Å². The Hall–Kier alpha value is -3.98. The number of thiocarbonyl (C=S) groups is 1. The molecule has 0 radical (unpaired) electrons. The number of amides is 2. The number of methoxy groups -OCH3 is 1. The topological polar surface area (TPSA) is 111 Å². The molecule has 0 aliphatic rings. The van der Waals surface area contributed by atoms with Gasteiger partial charge in [0.1, 0.15) is 17.1 Å². The minimum Gasteiger partial charge on any atom is -0.497 e. The predicted octanol–water partition coefficient (Wildman–Crippen LogP) is 2.81. The van der Waals surface area contributed by atoms with Gasteiger partial charge in [0.2, 0.25) is 5.91 Å². The molecule has 0 saturated carbocycles. The third-order valence-corrected chi connectivity index (χ3v) is 4.50. The summed E-state index contributed by atoms with van der Waals surface area (Å²) in [5.74, 6) is -0.115. The zero-order valence-electron chi connectivity index (χ0n) is 17.0. The van der Waals surface area contributed by atoms with E-state index >= 15 is 0 Å². The molecule has 3 rings (SSSR count). The number of aromatic nitrogens is 2. The first-order valence-electron chi connectivity index (χ1n) is 9.26. The van der Waals surface area contributed by atoms with Gasteiger partial charge < -0.3 is 15.8 Å². The van der Waals surface area contributed by atoms with Crippen molar-refractivity contribution in [2.45, 2.75) is 6.92 Å². The van der Waals surface area contributed by atoms with Crippen molar-refractivity contribution >= 4 is 41.0 Å². The third-order valence-electron chi connectivity index (χ3n) is 4.29. The Morgan fingerprint density at radius 2 is 1.94 bits per heavy atom. The van der Waals surface area contributed by atoms with Crippen LogP contribution in [-0.2, 0) is 4.79 Å². The molecule has 0 atom stereocenters. The molecule has 31 heavy (non-hydrogen) atoms. The summed E-state index contributed by atoms with van der Waals surface area (Å²) >= 11 is 5.24. The second-order valence-corrected chi connectivity index (χ2v) is 6.98. The summed E-state index contributed by atoms with van der Waals surface area (Å²) in [5, 5.41) is 9.62. The lowest BCUT2D eigenvalue weighted by Gasteiger charge is -2.12. The Morgan fingerprint density at radius 1 is 1.19 bits per heavy atom. The summed E-state index contributed by atoms with van der Waals surface area (Å²) in [7, 11) is 1.58. The summed E-state index contributed by atoms with van der Waals surface area (Å²) < 4.78 is 6.60. The number of carbonyl (C=O) groups is 2. The maximum atomic E-state index is 12.2. The van der Waals surface area contributed by atoms with E-state index in [9.17, 15) is 9.59 Å². The molecular weight excluding hydrogens is 414 g/mol. The molecule has 0 aliphatic carbocycles. The molecule has 8 nitrogen and oxygen atoms in total. The number of anilines is 1. The van der Waals surface area contributed by atoms with E-state index in [2.05, 4.69) is 15.7 Å². The van der Waals surface area contributed by atoms with Crippen molar-refractivity contribution in [1.82, 2.24) is 15.1 Å². The van der Waals surface area contributed by atoms with E-state index in [1.165, 1.54) is 17.0 Å². The van der Waals surface area contributed by atoms with Crippen LogP contribution in [0.1, 0.15) is 21.5 Å². The number of hydrogen-bond acceptors (Lipinski definition) is 5. The maximum absolute atomic E-state index is 12.2. The quantitative estimate of drug-likeness (QED) is 0.406. The number of hydrogen-bond donors (Lipinski definition) is 3. The van der Waals surface area contributed by atoms with Gasteiger partial charge in [-0.3, -0.25) is 14.9 Å². The Bertz CT molecular complexity index is 1150. The van der Waals surface area contributed by atoms with E-state index in [1.54, 1.807) is 25.3 Å². The average Bonchev–Trinajstić information content (AvgIpc) is 3.16. The van der Waals surface area contributed by atoms with Crippen LogP contribution in [0, 0.1) is 6.92 Å². The predicted molar refractivity (Wildman–Crippen MR) is 123 cm³/mol. The fourth-order valence-electron chi connectivity index (χ4n) is 2.78. The first-order chi connectivity index (χ1) is 14.9. The van der Waals surface area contributed by atoms with Crippen LogP contribution in [-0.4, -0.2) is 33.8 Å². The van der Waals surface area contributed by atoms with Crippen LogP contribution < -0.4 is 21.1 Å². The molecule has 9 heteroatoms. The lowest BCUT2D eigenvalue weighted by atomic mass is 10.2. The van der Waals surface area contributed by atoms with Gasteiger partial charge in [-0.15, -0.1) is 0 Å². The largest absolute Gasteiger partial charge is 0.497 e. The van der Waals surface area contributed by atoms with Gasteiger partial charge in [-0.05, 0) is 60.6 Å². The van der Waals surface area contributed by atoms with Crippen molar-refractivity contribution in [3.8, 4) is 11.4 Å². The minimum absolute atomic E-state index is 0.00119. The number of benzene rings is 2. The van der Waals surface area contributed by atoms with Crippen LogP contribution in [0.5, 0.6) is 5.75 Å². The number of rotatable bonds is 6. The number of ether oxygens (including phenoxy) is 1. The molecule has 1 aromatic heterocycles. The Morgan fingerprint density at radius 3 is 2.58 bits per heavy atom. The summed E-state index contributed by atoms with van der Waals surface area (Å²) in [5.41, 5.74) is 8.16. The van der Waals surface area contributed by atoms with E-state index in [4.69, 9.17) is 22.7 Å². The van der Waals surface area contributed by atoms with Crippen molar-refractivity contribution < 1.29 is 14.3 Å². The zero-order valence-corrected chi connectivity index (χ0v) is 17.8. The molecule has 1 heterocycles. The highest BCUT2D eigenvalue weighted by Crippen LogP contribution is 2.21. The molecule has 4 N–H and O–H groups in total. The van der Waals surface area contributed by atoms with Crippen LogP contribution in [0.2, 0.25) is 0 Å². The highest BCUT2D eigenvalue weighted by Gasteiger charge is 2.18. The van der Waals surface area contributed by atoms with Crippen LogP contribution in [0.15, 0.2) is 60.8 Å². The van der Waals surface area contributed by atoms with Crippen molar-refractivity contribution in [3.05, 3.63) is 77.5 Å². The molecule has 158 valence electrons. The summed E-state index contributed by atoms with van der Waals surface area (Å²) in [6.07, 6.45) is 4.34. The van der Waals surface area contributed by atoms with Crippen LogP contribution in [0.3, 0.4) is 0 Å². The van der Waals surface area contributed by atoms with Gasteiger partial charge >= 0.3 is 0 Å². The first kappa shape index (κ1) is 21.7. The van der Waals surface area contributed by atoms with Crippen molar-refractivity contribution in [2.24, 2.45) is 5.73 Å². The monoisotopic (exact) mass is 435 g/mol. The fourth-order valence-corrected chi connectivity index (χ4v) is 2.98. The van der Waals surface area contributed by atoms with Gasteiger partial charge in [0.25, 0.3) is 5.91 Å². The lowest BCUT2D eigenvalue weighted by Crippen LogP contribution is -2.34. The number of nitrogens with one attached hydrogen (secondary N) is 2. The highest BCUT2D eigenvalue weighted by molar-refractivity contribution is 7.80. The molecular formula is C22H21N5O3S. The Kier molecular flexibility index (Phi) is 6.78. The SMILES string of the molecule is COc1ccc(/C=C/C(=O)NC(=S)Nc2c(C(N)=O)cnn2-c2cccc(C)c2)cc1. The van der Waals surface area contributed by atoms with Crippen LogP contribution in [0.25, 0.3) is 11.8 Å². The standard InChI is InChI=1S/C22H21N5O3S/c1-14-4-3-5-16(12-14)27-21(18(13-24-27)20(23)29)26-22(31)25-19(28)11-8-15-6-9-17(30-2)10-7-15/h3-13H,1-2H3,(H2,23,29)(H2,25,26,28,31)/b11-8+. The average molecular weight is 436 g/mol. The number of primary amides is 1. The minimum atomic E-state index is -0.671. The summed E-state index contributed by atoms with van der Waals surface area (Å²) in [4.78, 5) is 24.1. The molecule has 0 aliphatic heterocycles. The Labute approximate surface area is 184 Å². The molecule has 0 saturated heterocycles. The summed E-state index contributed by atoms with van der Waals surface area (Å²) in [6.45, 7) is 1.94. The van der Waals surface area contributed by atoms with Gasteiger partial charge in [0.15, 0.2) is 5.11 Å². The van der Waals surface area contributed by atoms with E-state index in [1.807, 2.05) is 43.3 Å². The lowest BCUT2D eigenvalue weighted by molar-refractivity contribution is -0.115. The normalized spacial score (nSPS) is 10.6. The van der Waals surface area contributed by atoms with Gasteiger partial charge in [0.05, 0.1) is 19.0 Å².